The molecule has 1 rings (SSSR count). The topological polar surface area (TPSA) is 12.0 Å². The van der Waals surface area contributed by atoms with E-state index in [1.807, 2.05) is 6.07 Å². The molecule has 0 saturated carbocycles. The van der Waals surface area contributed by atoms with Gasteiger partial charge in [-0.25, -0.2) is 4.39 Å². The summed E-state index contributed by atoms with van der Waals surface area (Å²) in [6, 6.07) is 5.66. The van der Waals surface area contributed by atoms with Crippen LogP contribution in [-0.4, -0.2) is 12.6 Å². The van der Waals surface area contributed by atoms with Crippen LogP contribution in [0.5, 0.6) is 0 Å². The molecule has 0 spiro atoms. The van der Waals surface area contributed by atoms with Gasteiger partial charge >= 0.3 is 0 Å². The standard InChI is InChI=1S/C13H19BrFN/c1-4-16-10(3)9(2)8-11-6-5-7-12(15)13(11)14/h5-7,9-10,16H,4,8H2,1-3H3. The Morgan fingerprint density at radius 1 is 1.38 bits per heavy atom. The van der Waals surface area contributed by atoms with Crippen molar-refractivity contribution in [2.75, 3.05) is 6.54 Å². The molecule has 1 aromatic carbocycles. The maximum atomic E-state index is 13.3. The minimum absolute atomic E-state index is 0.180. The molecule has 0 aliphatic heterocycles. The number of hydrogen-bond donors (Lipinski definition) is 1. The third kappa shape index (κ3) is 3.56. The highest BCUT2D eigenvalue weighted by molar-refractivity contribution is 9.10. The van der Waals surface area contributed by atoms with Crippen LogP contribution in [-0.2, 0) is 6.42 Å². The first kappa shape index (κ1) is 13.7. The van der Waals surface area contributed by atoms with E-state index in [2.05, 4.69) is 42.0 Å². The SMILES string of the molecule is CCNC(C)C(C)Cc1cccc(F)c1Br. The lowest BCUT2D eigenvalue weighted by Gasteiger charge is -2.21. The van der Waals surface area contributed by atoms with Gasteiger partial charge in [-0.05, 0) is 53.4 Å². The van der Waals surface area contributed by atoms with Gasteiger partial charge in [-0.15, -0.1) is 0 Å². The highest BCUT2D eigenvalue weighted by atomic mass is 79.9. The molecular formula is C13H19BrFN. The lowest BCUT2D eigenvalue weighted by atomic mass is 9.95. The van der Waals surface area contributed by atoms with E-state index in [1.165, 1.54) is 6.07 Å². The van der Waals surface area contributed by atoms with Crippen LogP contribution in [0.25, 0.3) is 0 Å². The molecule has 16 heavy (non-hydrogen) atoms. The Morgan fingerprint density at radius 3 is 2.69 bits per heavy atom. The average Bonchev–Trinajstić information content (AvgIpc) is 2.25. The second-order valence-corrected chi connectivity index (χ2v) is 5.03. The Labute approximate surface area is 106 Å². The van der Waals surface area contributed by atoms with E-state index >= 15 is 0 Å². The summed E-state index contributed by atoms with van der Waals surface area (Å²) in [5.41, 5.74) is 1.04. The first-order chi connectivity index (χ1) is 7.56. The van der Waals surface area contributed by atoms with E-state index in [4.69, 9.17) is 0 Å². The van der Waals surface area contributed by atoms with Crippen LogP contribution in [0, 0.1) is 11.7 Å². The molecule has 0 fully saturated rings. The maximum absolute atomic E-state index is 13.3. The fourth-order valence-corrected chi connectivity index (χ4v) is 2.18. The average molecular weight is 288 g/mol. The van der Waals surface area contributed by atoms with E-state index in [-0.39, 0.29) is 5.82 Å². The van der Waals surface area contributed by atoms with Gasteiger partial charge in [0, 0.05) is 6.04 Å². The Morgan fingerprint density at radius 2 is 2.06 bits per heavy atom. The number of halogens is 2. The molecule has 0 bridgehead atoms. The van der Waals surface area contributed by atoms with Gasteiger partial charge in [0.25, 0.3) is 0 Å². The van der Waals surface area contributed by atoms with Gasteiger partial charge in [-0.1, -0.05) is 26.0 Å². The van der Waals surface area contributed by atoms with Crippen molar-refractivity contribution in [2.45, 2.75) is 33.2 Å². The third-order valence-electron chi connectivity index (χ3n) is 2.95. The van der Waals surface area contributed by atoms with Gasteiger partial charge in [-0.2, -0.15) is 0 Å². The summed E-state index contributed by atoms with van der Waals surface area (Å²) in [4.78, 5) is 0. The van der Waals surface area contributed by atoms with Crippen LogP contribution in [0.4, 0.5) is 4.39 Å². The molecule has 1 N–H and O–H groups in total. The van der Waals surface area contributed by atoms with Crippen molar-refractivity contribution in [3.63, 3.8) is 0 Å². The van der Waals surface area contributed by atoms with Gasteiger partial charge in [0.05, 0.1) is 4.47 Å². The zero-order valence-corrected chi connectivity index (χ0v) is 11.6. The highest BCUT2D eigenvalue weighted by Gasteiger charge is 2.14. The van der Waals surface area contributed by atoms with Crippen LogP contribution in [0.1, 0.15) is 26.3 Å². The summed E-state index contributed by atoms with van der Waals surface area (Å²) in [6.45, 7) is 7.42. The quantitative estimate of drug-likeness (QED) is 0.869. The summed E-state index contributed by atoms with van der Waals surface area (Å²) in [7, 11) is 0. The van der Waals surface area contributed by atoms with Crippen LogP contribution in [0.15, 0.2) is 22.7 Å². The minimum Gasteiger partial charge on any atom is -0.314 e. The summed E-state index contributed by atoms with van der Waals surface area (Å²) in [5, 5.41) is 3.39. The summed E-state index contributed by atoms with van der Waals surface area (Å²) < 4.78 is 13.9. The van der Waals surface area contributed by atoms with E-state index in [1.54, 1.807) is 6.07 Å². The minimum atomic E-state index is -0.180. The van der Waals surface area contributed by atoms with Crippen LogP contribution >= 0.6 is 15.9 Å². The fourth-order valence-electron chi connectivity index (χ4n) is 1.75. The third-order valence-corrected chi connectivity index (χ3v) is 3.84. The zero-order chi connectivity index (χ0) is 12.1. The van der Waals surface area contributed by atoms with E-state index < -0.39 is 0 Å². The molecule has 0 aliphatic rings. The second-order valence-electron chi connectivity index (χ2n) is 4.24. The number of hydrogen-bond acceptors (Lipinski definition) is 1. The fraction of sp³-hybridized carbons (Fsp3) is 0.538. The summed E-state index contributed by atoms with van der Waals surface area (Å²) in [5.74, 6) is 0.304. The maximum Gasteiger partial charge on any atom is 0.137 e. The Hall–Kier alpha value is -0.410. The van der Waals surface area contributed by atoms with Crippen molar-refractivity contribution in [3.05, 3.63) is 34.1 Å². The molecule has 90 valence electrons. The Balaban J connectivity index is 2.69. The molecule has 0 saturated heterocycles. The number of rotatable bonds is 5. The van der Waals surface area contributed by atoms with Crippen molar-refractivity contribution >= 4 is 15.9 Å². The zero-order valence-electron chi connectivity index (χ0n) is 10.1. The molecule has 2 atom stereocenters. The van der Waals surface area contributed by atoms with Gasteiger partial charge in [-0.3, -0.25) is 0 Å². The predicted octanol–water partition coefficient (Wildman–Crippen LogP) is 3.76. The van der Waals surface area contributed by atoms with Crippen molar-refractivity contribution in [1.82, 2.24) is 5.32 Å². The van der Waals surface area contributed by atoms with Gasteiger partial charge < -0.3 is 5.32 Å². The first-order valence-electron chi connectivity index (χ1n) is 5.72. The molecule has 3 heteroatoms. The molecule has 0 radical (unpaired) electrons. The van der Waals surface area contributed by atoms with Crippen LogP contribution < -0.4 is 5.32 Å². The molecular weight excluding hydrogens is 269 g/mol. The van der Waals surface area contributed by atoms with Crippen LogP contribution in [0.2, 0.25) is 0 Å². The van der Waals surface area contributed by atoms with Gasteiger partial charge in [0.2, 0.25) is 0 Å². The monoisotopic (exact) mass is 287 g/mol. The largest absolute Gasteiger partial charge is 0.314 e. The first-order valence-corrected chi connectivity index (χ1v) is 6.51. The molecule has 0 aromatic heterocycles. The van der Waals surface area contributed by atoms with E-state index in [0.29, 0.717) is 16.4 Å². The molecule has 0 amide bonds. The van der Waals surface area contributed by atoms with Crippen molar-refractivity contribution in [2.24, 2.45) is 5.92 Å². The lowest BCUT2D eigenvalue weighted by Crippen LogP contribution is -2.32. The van der Waals surface area contributed by atoms with E-state index in [9.17, 15) is 4.39 Å². The van der Waals surface area contributed by atoms with Crippen LogP contribution in [0.3, 0.4) is 0 Å². The predicted molar refractivity (Wildman–Crippen MR) is 70.1 cm³/mol. The Bertz CT molecular complexity index is 341. The number of nitrogens with one attached hydrogen (secondary N) is 1. The second kappa shape index (κ2) is 6.36. The lowest BCUT2D eigenvalue weighted by molar-refractivity contribution is 0.405. The normalized spacial score (nSPS) is 14.8. The molecule has 2 unspecified atom stereocenters. The highest BCUT2D eigenvalue weighted by Crippen LogP contribution is 2.23. The molecule has 1 aromatic rings. The smallest absolute Gasteiger partial charge is 0.137 e. The summed E-state index contributed by atoms with van der Waals surface area (Å²) in [6.07, 6.45) is 0.881. The molecule has 0 heterocycles. The van der Waals surface area contributed by atoms with Gasteiger partial charge in [0.1, 0.15) is 5.82 Å². The molecule has 1 nitrogen and oxygen atoms in total. The molecule has 0 aliphatic carbocycles. The number of benzene rings is 1. The summed E-state index contributed by atoms with van der Waals surface area (Å²) >= 11 is 3.30. The Kier molecular flexibility index (Phi) is 5.42. The van der Waals surface area contributed by atoms with E-state index in [0.717, 1.165) is 18.5 Å². The van der Waals surface area contributed by atoms with Crippen molar-refractivity contribution < 1.29 is 4.39 Å². The van der Waals surface area contributed by atoms with Crippen molar-refractivity contribution in [3.8, 4) is 0 Å². The van der Waals surface area contributed by atoms with Gasteiger partial charge in [0.15, 0.2) is 0 Å². The van der Waals surface area contributed by atoms with Crippen molar-refractivity contribution in [1.29, 1.82) is 0 Å².